The Kier molecular flexibility index (Phi) is 5.89. The van der Waals surface area contributed by atoms with E-state index < -0.39 is 0 Å². The number of pyridine rings is 1. The molecule has 160 valence electrons. The second-order valence-corrected chi connectivity index (χ2v) is 9.40. The van der Waals surface area contributed by atoms with Gasteiger partial charge in [-0.25, -0.2) is 4.98 Å². The number of H-pyrrole nitrogens is 1. The highest BCUT2D eigenvalue weighted by Gasteiger charge is 2.27. The molecule has 1 atom stereocenters. The van der Waals surface area contributed by atoms with Gasteiger partial charge < -0.3 is 10.3 Å². The summed E-state index contributed by atoms with van der Waals surface area (Å²) in [5.41, 5.74) is 4.64. The molecule has 1 saturated heterocycles. The average Bonchev–Trinajstić information content (AvgIpc) is 3.16. The van der Waals surface area contributed by atoms with E-state index in [4.69, 9.17) is 4.98 Å². The molecule has 2 aromatic rings. The lowest BCUT2D eigenvalue weighted by molar-refractivity contribution is -0.120. The first-order valence-corrected chi connectivity index (χ1v) is 12.0. The third-order valence-corrected chi connectivity index (χ3v) is 7.37. The number of aromatic amines is 1. The Labute approximate surface area is 179 Å². The second-order valence-electron chi connectivity index (χ2n) is 9.40. The first kappa shape index (κ1) is 19.8. The van der Waals surface area contributed by atoms with Crippen molar-refractivity contribution in [3.8, 4) is 0 Å². The van der Waals surface area contributed by atoms with Gasteiger partial charge in [0.1, 0.15) is 5.82 Å². The van der Waals surface area contributed by atoms with Crippen LogP contribution >= 0.6 is 0 Å². The van der Waals surface area contributed by atoms with E-state index in [9.17, 15) is 4.79 Å². The molecule has 0 bridgehead atoms. The third-order valence-electron chi connectivity index (χ3n) is 7.37. The van der Waals surface area contributed by atoms with Crippen molar-refractivity contribution in [3.63, 3.8) is 0 Å². The second kappa shape index (κ2) is 8.93. The number of fused-ring (bicyclic) bond motifs is 2. The zero-order valence-corrected chi connectivity index (χ0v) is 18.0. The standard InChI is InChI=1S/C25H34N4O/c30-25(18-8-4-2-1-3-5-9-18)28-23-12-11-22-24(27-23)21(17-26-22)19-13-15-29-14-7-6-10-20(29)16-19/h11-13,17-18,20,26H,1-10,14-16H2,(H,27,28,30). The highest BCUT2D eigenvalue weighted by Crippen LogP contribution is 2.34. The van der Waals surface area contributed by atoms with Crippen LogP contribution in [0.25, 0.3) is 16.6 Å². The van der Waals surface area contributed by atoms with Gasteiger partial charge >= 0.3 is 0 Å². The number of amides is 1. The minimum absolute atomic E-state index is 0.131. The van der Waals surface area contributed by atoms with E-state index in [-0.39, 0.29) is 11.8 Å². The minimum atomic E-state index is 0.131. The molecule has 5 rings (SSSR count). The smallest absolute Gasteiger partial charge is 0.228 e. The number of piperidine rings is 1. The minimum Gasteiger partial charge on any atom is -0.359 e. The van der Waals surface area contributed by atoms with Gasteiger partial charge in [0.25, 0.3) is 0 Å². The molecule has 0 aromatic carbocycles. The molecule has 4 heterocycles. The summed E-state index contributed by atoms with van der Waals surface area (Å²) in [4.78, 5) is 23.8. The predicted molar refractivity (Wildman–Crippen MR) is 122 cm³/mol. The molecule has 2 aliphatic heterocycles. The maximum atomic E-state index is 12.9. The van der Waals surface area contributed by atoms with Gasteiger partial charge in [-0.1, -0.05) is 44.6 Å². The van der Waals surface area contributed by atoms with E-state index in [0.29, 0.717) is 11.9 Å². The molecule has 1 saturated carbocycles. The number of carbonyl (C=O) groups excluding carboxylic acids is 1. The molecule has 2 fully saturated rings. The van der Waals surface area contributed by atoms with Gasteiger partial charge in [0.2, 0.25) is 5.91 Å². The number of carbonyl (C=O) groups is 1. The molecule has 5 nitrogen and oxygen atoms in total. The Morgan fingerprint density at radius 2 is 1.83 bits per heavy atom. The number of nitrogens with one attached hydrogen (secondary N) is 2. The van der Waals surface area contributed by atoms with Gasteiger partial charge in [-0.2, -0.15) is 0 Å². The molecule has 1 aliphatic carbocycles. The zero-order valence-electron chi connectivity index (χ0n) is 18.0. The Balaban J connectivity index is 1.34. The van der Waals surface area contributed by atoms with Gasteiger partial charge in [0.15, 0.2) is 0 Å². The van der Waals surface area contributed by atoms with Crippen LogP contribution in [-0.2, 0) is 4.79 Å². The van der Waals surface area contributed by atoms with Gasteiger partial charge in [0, 0.05) is 30.3 Å². The van der Waals surface area contributed by atoms with Crippen molar-refractivity contribution < 1.29 is 4.79 Å². The van der Waals surface area contributed by atoms with Crippen molar-refractivity contribution >= 4 is 28.3 Å². The summed E-state index contributed by atoms with van der Waals surface area (Å²) in [6, 6.07) is 4.66. The quantitative estimate of drug-likeness (QED) is 0.707. The lowest BCUT2D eigenvalue weighted by atomic mass is 9.89. The molecular weight excluding hydrogens is 372 g/mol. The molecule has 0 radical (unpaired) electrons. The molecule has 1 unspecified atom stereocenters. The van der Waals surface area contributed by atoms with Crippen molar-refractivity contribution in [2.24, 2.45) is 5.92 Å². The molecule has 30 heavy (non-hydrogen) atoms. The van der Waals surface area contributed by atoms with Crippen LogP contribution in [0.5, 0.6) is 0 Å². The van der Waals surface area contributed by atoms with Crippen LogP contribution in [0.4, 0.5) is 5.82 Å². The van der Waals surface area contributed by atoms with Gasteiger partial charge in [-0.05, 0) is 56.4 Å². The highest BCUT2D eigenvalue weighted by atomic mass is 16.1. The number of nitrogens with zero attached hydrogens (tertiary/aromatic N) is 2. The fourth-order valence-electron chi connectivity index (χ4n) is 5.58. The maximum Gasteiger partial charge on any atom is 0.228 e. The highest BCUT2D eigenvalue weighted by molar-refractivity contribution is 5.95. The van der Waals surface area contributed by atoms with Crippen molar-refractivity contribution in [2.75, 3.05) is 18.4 Å². The maximum absolute atomic E-state index is 12.9. The van der Waals surface area contributed by atoms with E-state index in [0.717, 1.165) is 36.8 Å². The molecule has 5 heteroatoms. The number of hydrogen-bond acceptors (Lipinski definition) is 3. The summed E-state index contributed by atoms with van der Waals surface area (Å²) >= 11 is 0. The summed E-state index contributed by atoms with van der Waals surface area (Å²) in [5, 5.41) is 3.13. The molecule has 0 spiro atoms. The van der Waals surface area contributed by atoms with Gasteiger partial charge in [0.05, 0.1) is 11.0 Å². The molecule has 2 N–H and O–H groups in total. The van der Waals surface area contributed by atoms with Crippen LogP contribution in [-0.4, -0.2) is 39.9 Å². The first-order valence-electron chi connectivity index (χ1n) is 12.0. The van der Waals surface area contributed by atoms with E-state index in [1.807, 2.05) is 6.07 Å². The van der Waals surface area contributed by atoms with Crippen LogP contribution < -0.4 is 5.32 Å². The normalized spacial score (nSPS) is 24.0. The third kappa shape index (κ3) is 4.18. The topological polar surface area (TPSA) is 61.0 Å². The summed E-state index contributed by atoms with van der Waals surface area (Å²) in [5.74, 6) is 0.966. The molecule has 1 amide bonds. The van der Waals surface area contributed by atoms with Crippen molar-refractivity contribution in [3.05, 3.63) is 30.0 Å². The van der Waals surface area contributed by atoms with E-state index in [1.165, 1.54) is 69.0 Å². The van der Waals surface area contributed by atoms with Crippen molar-refractivity contribution in [2.45, 2.75) is 76.7 Å². The average molecular weight is 407 g/mol. The molecular formula is C25H34N4O. The SMILES string of the molecule is O=C(Nc1ccc2[nH]cc(C3=CCN4CCCCC4C3)c2n1)C1CCCCCCC1. The summed E-state index contributed by atoms with van der Waals surface area (Å²) in [7, 11) is 0. The Morgan fingerprint density at radius 3 is 2.70 bits per heavy atom. The number of anilines is 1. The summed E-state index contributed by atoms with van der Waals surface area (Å²) in [6.45, 7) is 2.28. The van der Waals surface area contributed by atoms with Crippen LogP contribution in [0.1, 0.15) is 76.2 Å². The predicted octanol–water partition coefficient (Wildman–Crippen LogP) is 5.50. The van der Waals surface area contributed by atoms with E-state index in [1.54, 1.807) is 0 Å². The zero-order chi connectivity index (χ0) is 20.3. The van der Waals surface area contributed by atoms with E-state index in [2.05, 4.69) is 33.5 Å². The fraction of sp³-hybridized carbons (Fsp3) is 0.600. The Bertz CT molecular complexity index is 922. The number of rotatable bonds is 3. The lowest BCUT2D eigenvalue weighted by Gasteiger charge is -2.38. The summed E-state index contributed by atoms with van der Waals surface area (Å²) < 4.78 is 0. The van der Waals surface area contributed by atoms with Crippen molar-refractivity contribution in [1.82, 2.24) is 14.9 Å². The van der Waals surface area contributed by atoms with Crippen molar-refractivity contribution in [1.29, 1.82) is 0 Å². The van der Waals surface area contributed by atoms with Crippen LogP contribution in [0.3, 0.4) is 0 Å². The van der Waals surface area contributed by atoms with Gasteiger partial charge in [-0.3, -0.25) is 9.69 Å². The number of aromatic nitrogens is 2. The van der Waals surface area contributed by atoms with E-state index >= 15 is 0 Å². The van der Waals surface area contributed by atoms with Gasteiger partial charge in [-0.15, -0.1) is 0 Å². The summed E-state index contributed by atoms with van der Waals surface area (Å²) in [6.07, 6.45) is 17.7. The largest absolute Gasteiger partial charge is 0.359 e. The van der Waals surface area contributed by atoms with Crippen LogP contribution in [0.2, 0.25) is 0 Å². The van der Waals surface area contributed by atoms with Crippen LogP contribution in [0, 0.1) is 5.92 Å². The first-order chi connectivity index (χ1) is 14.8. The Hall–Kier alpha value is -2.14. The Morgan fingerprint density at radius 1 is 1.03 bits per heavy atom. The lowest BCUT2D eigenvalue weighted by Crippen LogP contribution is -2.41. The molecule has 3 aliphatic rings. The molecule has 2 aromatic heterocycles. The number of hydrogen-bond donors (Lipinski definition) is 2. The van der Waals surface area contributed by atoms with Crippen LogP contribution in [0.15, 0.2) is 24.4 Å². The monoisotopic (exact) mass is 406 g/mol. The fourth-order valence-corrected chi connectivity index (χ4v) is 5.58.